The summed E-state index contributed by atoms with van der Waals surface area (Å²) in [4.78, 5) is 2.50. The predicted molar refractivity (Wildman–Crippen MR) is 61.9 cm³/mol. The first-order valence-corrected chi connectivity index (χ1v) is 5.96. The van der Waals surface area contributed by atoms with E-state index in [1.165, 1.54) is 32.2 Å². The average molecular weight is 207 g/mol. The van der Waals surface area contributed by atoms with Crippen LogP contribution in [0.1, 0.15) is 31.4 Å². The Morgan fingerprint density at radius 3 is 3.00 bits per heavy atom. The van der Waals surface area contributed by atoms with Gasteiger partial charge in [-0.05, 0) is 45.8 Å². The van der Waals surface area contributed by atoms with Gasteiger partial charge in [0.05, 0.1) is 5.69 Å². The number of likely N-dealkylation sites (tertiary alicyclic amines) is 1. The molecular formula is C12H21N3. The van der Waals surface area contributed by atoms with Crippen LogP contribution in [0.15, 0.2) is 12.3 Å². The molecule has 1 fully saturated rings. The second-order valence-corrected chi connectivity index (χ2v) is 4.64. The molecule has 0 amide bonds. The van der Waals surface area contributed by atoms with E-state index in [1.54, 1.807) is 0 Å². The molecule has 1 aliphatic heterocycles. The van der Waals surface area contributed by atoms with Gasteiger partial charge in [0.15, 0.2) is 0 Å². The van der Waals surface area contributed by atoms with Gasteiger partial charge in [-0.1, -0.05) is 6.42 Å². The van der Waals surface area contributed by atoms with Crippen molar-refractivity contribution in [3.63, 3.8) is 0 Å². The molecule has 2 heterocycles. The molecule has 1 aromatic heterocycles. The van der Waals surface area contributed by atoms with E-state index in [9.17, 15) is 0 Å². The molecule has 1 saturated heterocycles. The highest BCUT2D eigenvalue weighted by Gasteiger charge is 2.18. The van der Waals surface area contributed by atoms with Crippen LogP contribution in [0.3, 0.4) is 0 Å². The molecule has 0 bridgehead atoms. The Morgan fingerprint density at radius 2 is 2.33 bits per heavy atom. The fourth-order valence-electron chi connectivity index (χ4n) is 2.38. The van der Waals surface area contributed by atoms with Gasteiger partial charge in [0.1, 0.15) is 0 Å². The van der Waals surface area contributed by atoms with Crippen LogP contribution in [-0.2, 0) is 6.54 Å². The van der Waals surface area contributed by atoms with Gasteiger partial charge >= 0.3 is 0 Å². The maximum atomic E-state index is 4.42. The van der Waals surface area contributed by atoms with E-state index in [1.807, 2.05) is 6.92 Å². The largest absolute Gasteiger partial charge is 0.303 e. The van der Waals surface area contributed by atoms with Crippen LogP contribution in [0.2, 0.25) is 0 Å². The molecule has 3 heteroatoms. The topological polar surface area (TPSA) is 21.1 Å². The Bertz CT molecular complexity index is 306. The van der Waals surface area contributed by atoms with Crippen molar-refractivity contribution < 1.29 is 0 Å². The summed E-state index contributed by atoms with van der Waals surface area (Å²) in [5, 5.41) is 4.42. The molecule has 1 aliphatic rings. The lowest BCUT2D eigenvalue weighted by atomic mass is 10.0. The van der Waals surface area contributed by atoms with E-state index in [4.69, 9.17) is 0 Å². The second kappa shape index (κ2) is 4.79. The van der Waals surface area contributed by atoms with Crippen LogP contribution in [0.25, 0.3) is 0 Å². The van der Waals surface area contributed by atoms with Gasteiger partial charge in [-0.3, -0.25) is 4.68 Å². The lowest BCUT2D eigenvalue weighted by Gasteiger charge is -2.32. The standard InChI is InChI=1S/C12H21N3/c1-11-6-9-15(13-11)10-7-12-5-3-4-8-14(12)2/h6,9,12H,3-5,7-8,10H2,1-2H3. The van der Waals surface area contributed by atoms with E-state index in [-0.39, 0.29) is 0 Å². The molecule has 2 rings (SSSR count). The lowest BCUT2D eigenvalue weighted by molar-refractivity contribution is 0.169. The molecule has 0 spiro atoms. The second-order valence-electron chi connectivity index (χ2n) is 4.64. The van der Waals surface area contributed by atoms with Gasteiger partial charge in [-0.15, -0.1) is 0 Å². The molecule has 1 unspecified atom stereocenters. The highest BCUT2D eigenvalue weighted by atomic mass is 15.3. The molecule has 15 heavy (non-hydrogen) atoms. The van der Waals surface area contributed by atoms with Crippen LogP contribution in [-0.4, -0.2) is 34.3 Å². The number of nitrogens with zero attached hydrogens (tertiary/aromatic N) is 3. The summed E-state index contributed by atoms with van der Waals surface area (Å²) in [5.74, 6) is 0. The maximum Gasteiger partial charge on any atom is 0.0593 e. The summed E-state index contributed by atoms with van der Waals surface area (Å²) in [7, 11) is 2.25. The first-order valence-electron chi connectivity index (χ1n) is 5.96. The summed E-state index contributed by atoms with van der Waals surface area (Å²) < 4.78 is 2.07. The van der Waals surface area contributed by atoms with Gasteiger partial charge in [0, 0.05) is 18.8 Å². The number of hydrogen-bond acceptors (Lipinski definition) is 2. The Hall–Kier alpha value is -0.830. The van der Waals surface area contributed by atoms with Crippen LogP contribution in [0, 0.1) is 6.92 Å². The average Bonchev–Trinajstić information content (AvgIpc) is 2.63. The quantitative estimate of drug-likeness (QED) is 0.756. The van der Waals surface area contributed by atoms with Crippen molar-refractivity contribution in [2.75, 3.05) is 13.6 Å². The molecule has 3 nitrogen and oxygen atoms in total. The third-order valence-corrected chi connectivity index (χ3v) is 3.39. The van der Waals surface area contributed by atoms with Crippen molar-refractivity contribution in [3.8, 4) is 0 Å². The van der Waals surface area contributed by atoms with Crippen LogP contribution in [0.5, 0.6) is 0 Å². The zero-order valence-corrected chi connectivity index (χ0v) is 9.82. The van der Waals surface area contributed by atoms with Crippen LogP contribution >= 0.6 is 0 Å². The zero-order chi connectivity index (χ0) is 10.7. The maximum absolute atomic E-state index is 4.42. The van der Waals surface area contributed by atoms with E-state index in [2.05, 4.69) is 34.0 Å². The summed E-state index contributed by atoms with van der Waals surface area (Å²) in [6, 6.07) is 2.84. The fraction of sp³-hybridized carbons (Fsp3) is 0.750. The Balaban J connectivity index is 1.81. The number of rotatable bonds is 3. The Morgan fingerprint density at radius 1 is 1.47 bits per heavy atom. The van der Waals surface area contributed by atoms with Gasteiger partial charge in [0.25, 0.3) is 0 Å². The normalized spacial score (nSPS) is 23.2. The van der Waals surface area contributed by atoms with E-state index < -0.39 is 0 Å². The Kier molecular flexibility index (Phi) is 3.41. The SMILES string of the molecule is Cc1ccn(CCC2CCCCN2C)n1. The van der Waals surface area contributed by atoms with Gasteiger partial charge < -0.3 is 4.90 Å². The minimum absolute atomic E-state index is 0.767. The molecule has 1 atom stereocenters. The molecule has 0 saturated carbocycles. The van der Waals surface area contributed by atoms with Gasteiger partial charge in [-0.2, -0.15) is 5.10 Å². The Labute approximate surface area is 92.1 Å². The number of aromatic nitrogens is 2. The summed E-state index contributed by atoms with van der Waals surface area (Å²) in [5.41, 5.74) is 1.12. The highest BCUT2D eigenvalue weighted by Crippen LogP contribution is 2.18. The number of piperidine rings is 1. The third kappa shape index (κ3) is 2.81. The van der Waals surface area contributed by atoms with E-state index in [0.717, 1.165) is 18.3 Å². The highest BCUT2D eigenvalue weighted by molar-refractivity contribution is 4.94. The lowest BCUT2D eigenvalue weighted by Crippen LogP contribution is -2.36. The molecule has 0 aromatic carbocycles. The van der Waals surface area contributed by atoms with Crippen LogP contribution in [0.4, 0.5) is 0 Å². The van der Waals surface area contributed by atoms with E-state index in [0.29, 0.717) is 0 Å². The zero-order valence-electron chi connectivity index (χ0n) is 9.82. The number of hydrogen-bond donors (Lipinski definition) is 0. The first kappa shape index (κ1) is 10.7. The van der Waals surface area contributed by atoms with Crippen molar-refractivity contribution >= 4 is 0 Å². The van der Waals surface area contributed by atoms with Crippen molar-refractivity contribution in [3.05, 3.63) is 18.0 Å². The summed E-state index contributed by atoms with van der Waals surface area (Å²) in [6.07, 6.45) is 7.44. The smallest absolute Gasteiger partial charge is 0.0593 e. The summed E-state index contributed by atoms with van der Waals surface area (Å²) in [6.45, 7) is 4.37. The van der Waals surface area contributed by atoms with Gasteiger partial charge in [-0.25, -0.2) is 0 Å². The van der Waals surface area contributed by atoms with Crippen molar-refractivity contribution in [1.82, 2.24) is 14.7 Å². The van der Waals surface area contributed by atoms with Crippen molar-refractivity contribution in [1.29, 1.82) is 0 Å². The molecule has 0 radical (unpaired) electrons. The molecular weight excluding hydrogens is 186 g/mol. The van der Waals surface area contributed by atoms with Crippen molar-refractivity contribution in [2.24, 2.45) is 0 Å². The molecule has 0 N–H and O–H groups in total. The predicted octanol–water partition coefficient (Wildman–Crippen LogP) is 2.07. The van der Waals surface area contributed by atoms with E-state index >= 15 is 0 Å². The van der Waals surface area contributed by atoms with Crippen molar-refractivity contribution in [2.45, 2.75) is 45.2 Å². The number of aryl methyl sites for hydroxylation is 2. The molecule has 84 valence electrons. The molecule has 1 aromatic rings. The molecule has 0 aliphatic carbocycles. The fourth-order valence-corrected chi connectivity index (χ4v) is 2.38. The third-order valence-electron chi connectivity index (χ3n) is 3.39. The monoisotopic (exact) mass is 207 g/mol. The van der Waals surface area contributed by atoms with Crippen LogP contribution < -0.4 is 0 Å². The first-order chi connectivity index (χ1) is 7.25. The van der Waals surface area contributed by atoms with Gasteiger partial charge in [0.2, 0.25) is 0 Å². The summed E-state index contributed by atoms with van der Waals surface area (Å²) >= 11 is 0. The minimum atomic E-state index is 0.767. The minimum Gasteiger partial charge on any atom is -0.303 e.